The Labute approximate surface area is 142 Å². The smallest absolute Gasteiger partial charge is 0.269 e. The average molecular weight is 354 g/mol. The molecule has 1 aromatic heterocycles. The number of thioether (sulfide) groups is 1. The Morgan fingerprint density at radius 2 is 1.91 bits per heavy atom. The molecule has 0 saturated carbocycles. The van der Waals surface area contributed by atoms with Crippen molar-refractivity contribution in [3.05, 3.63) is 40.7 Å². The fourth-order valence-corrected chi connectivity index (χ4v) is 2.77. The van der Waals surface area contributed by atoms with Gasteiger partial charge in [-0.3, -0.25) is 20.4 Å². The van der Waals surface area contributed by atoms with E-state index in [1.54, 1.807) is 24.3 Å². The number of nitrogens with one attached hydrogen (secondary N) is 2. The normalized spacial score (nSPS) is 10.4. The Morgan fingerprint density at radius 3 is 2.57 bits per heavy atom. The monoisotopic (exact) mass is 353 g/mol. The lowest BCUT2D eigenvalue weighted by Gasteiger charge is -2.08. The first-order chi connectivity index (χ1) is 11.0. The zero-order valence-electron chi connectivity index (χ0n) is 12.7. The molecule has 0 fully saturated rings. The summed E-state index contributed by atoms with van der Waals surface area (Å²) in [6, 6.07) is 6.36. The lowest BCUT2D eigenvalue weighted by molar-refractivity contribution is -0.119. The van der Waals surface area contributed by atoms with Gasteiger partial charge in [0, 0.05) is 17.1 Å². The minimum Gasteiger partial charge on any atom is -0.307 e. The predicted molar refractivity (Wildman–Crippen MR) is 88.2 cm³/mol. The lowest BCUT2D eigenvalue weighted by Crippen LogP contribution is -2.42. The topological polar surface area (TPSA) is 88.9 Å². The second kappa shape index (κ2) is 7.98. The van der Waals surface area contributed by atoms with Crippen LogP contribution in [0.2, 0.25) is 5.02 Å². The van der Waals surface area contributed by atoms with Crippen molar-refractivity contribution in [3.63, 3.8) is 0 Å². The van der Waals surface area contributed by atoms with Gasteiger partial charge in [0.05, 0.1) is 5.75 Å². The Hall–Kier alpha value is -2.06. The van der Waals surface area contributed by atoms with E-state index in [9.17, 15) is 9.59 Å². The second-order valence-electron chi connectivity index (χ2n) is 4.57. The van der Waals surface area contributed by atoms with Crippen LogP contribution in [0.4, 0.5) is 0 Å². The maximum Gasteiger partial charge on any atom is 0.269 e. The largest absolute Gasteiger partial charge is 0.307 e. The van der Waals surface area contributed by atoms with Crippen molar-refractivity contribution in [2.24, 2.45) is 0 Å². The molecule has 2 rings (SSSR count). The van der Waals surface area contributed by atoms with Crippen molar-refractivity contribution in [1.29, 1.82) is 0 Å². The number of hydrogen-bond donors (Lipinski definition) is 2. The van der Waals surface area contributed by atoms with E-state index in [4.69, 9.17) is 11.6 Å². The molecule has 9 heteroatoms. The summed E-state index contributed by atoms with van der Waals surface area (Å²) in [4.78, 5) is 23.6. The van der Waals surface area contributed by atoms with Gasteiger partial charge in [-0.25, -0.2) is 0 Å². The molecular weight excluding hydrogens is 338 g/mol. The van der Waals surface area contributed by atoms with E-state index >= 15 is 0 Å². The van der Waals surface area contributed by atoms with E-state index in [2.05, 4.69) is 21.0 Å². The predicted octanol–water partition coefficient (Wildman–Crippen LogP) is 1.81. The van der Waals surface area contributed by atoms with Crippen LogP contribution in [0, 0.1) is 6.92 Å². The number of hydrazine groups is 1. The Kier molecular flexibility index (Phi) is 6.00. The number of aryl methyl sites for hydroxylation is 1. The van der Waals surface area contributed by atoms with Gasteiger partial charge in [-0.15, -0.1) is 10.2 Å². The van der Waals surface area contributed by atoms with Gasteiger partial charge in [0.25, 0.3) is 5.91 Å². The summed E-state index contributed by atoms with van der Waals surface area (Å²) in [5, 5.41) is 9.18. The number of aromatic nitrogens is 3. The molecule has 23 heavy (non-hydrogen) atoms. The third-order valence-corrected chi connectivity index (χ3v) is 4.19. The standard InChI is InChI=1S/C14H16ClN5O2S/c1-3-20-9(2)16-19-14(20)23-8-12(21)17-18-13(22)10-4-6-11(15)7-5-10/h4-7H,3,8H2,1-2H3,(H,17,21)(H,18,22). The first-order valence-corrected chi connectivity index (χ1v) is 8.25. The van der Waals surface area contributed by atoms with Crippen LogP contribution in [0.5, 0.6) is 0 Å². The van der Waals surface area contributed by atoms with Gasteiger partial charge in [-0.1, -0.05) is 23.4 Å². The van der Waals surface area contributed by atoms with Gasteiger partial charge in [0.1, 0.15) is 5.82 Å². The van der Waals surface area contributed by atoms with Gasteiger partial charge in [-0.2, -0.15) is 0 Å². The number of benzene rings is 1. The average Bonchev–Trinajstić information content (AvgIpc) is 2.91. The van der Waals surface area contributed by atoms with Gasteiger partial charge in [0.2, 0.25) is 5.91 Å². The first-order valence-electron chi connectivity index (χ1n) is 6.88. The van der Waals surface area contributed by atoms with Crippen LogP contribution in [-0.2, 0) is 11.3 Å². The van der Waals surface area contributed by atoms with Crippen molar-refractivity contribution in [2.75, 3.05) is 5.75 Å². The third kappa shape index (κ3) is 4.70. The molecule has 0 atom stereocenters. The van der Waals surface area contributed by atoms with Crippen molar-refractivity contribution in [3.8, 4) is 0 Å². The third-order valence-electron chi connectivity index (χ3n) is 2.97. The molecule has 2 N–H and O–H groups in total. The van der Waals surface area contributed by atoms with Crippen LogP contribution in [-0.4, -0.2) is 32.3 Å². The summed E-state index contributed by atoms with van der Waals surface area (Å²) in [7, 11) is 0. The highest BCUT2D eigenvalue weighted by Gasteiger charge is 2.11. The van der Waals surface area contributed by atoms with E-state index in [1.807, 2.05) is 18.4 Å². The van der Waals surface area contributed by atoms with Crippen LogP contribution < -0.4 is 10.9 Å². The number of nitrogens with zero attached hydrogens (tertiary/aromatic N) is 3. The Bertz CT molecular complexity index is 702. The van der Waals surface area contributed by atoms with Crippen LogP contribution in [0.15, 0.2) is 29.4 Å². The van der Waals surface area contributed by atoms with Crippen molar-refractivity contribution in [1.82, 2.24) is 25.6 Å². The lowest BCUT2D eigenvalue weighted by atomic mass is 10.2. The molecule has 1 aromatic carbocycles. The van der Waals surface area contributed by atoms with Crippen LogP contribution in [0.1, 0.15) is 23.1 Å². The molecule has 7 nitrogen and oxygen atoms in total. The van der Waals surface area contributed by atoms with E-state index in [0.717, 1.165) is 12.4 Å². The van der Waals surface area contributed by atoms with Crippen LogP contribution in [0.3, 0.4) is 0 Å². The molecular formula is C14H16ClN5O2S. The van der Waals surface area contributed by atoms with Crippen molar-refractivity contribution >= 4 is 35.2 Å². The van der Waals surface area contributed by atoms with E-state index in [-0.39, 0.29) is 11.7 Å². The SMILES string of the molecule is CCn1c(C)nnc1SCC(=O)NNC(=O)c1ccc(Cl)cc1. The fourth-order valence-electron chi connectivity index (χ4n) is 1.80. The molecule has 0 bridgehead atoms. The number of carbonyl (C=O) groups is 2. The molecule has 0 aliphatic heterocycles. The highest BCUT2D eigenvalue weighted by molar-refractivity contribution is 7.99. The molecule has 122 valence electrons. The summed E-state index contributed by atoms with van der Waals surface area (Å²) in [6.45, 7) is 4.57. The number of halogens is 1. The first kappa shape index (κ1) is 17.3. The Balaban J connectivity index is 1.81. The number of rotatable bonds is 5. The van der Waals surface area contributed by atoms with Gasteiger partial charge in [-0.05, 0) is 38.1 Å². The summed E-state index contributed by atoms with van der Waals surface area (Å²) in [6.07, 6.45) is 0. The zero-order valence-corrected chi connectivity index (χ0v) is 14.2. The van der Waals surface area contributed by atoms with Gasteiger partial charge < -0.3 is 4.57 Å². The van der Waals surface area contributed by atoms with E-state index in [0.29, 0.717) is 15.7 Å². The molecule has 2 amide bonds. The van der Waals surface area contributed by atoms with E-state index in [1.165, 1.54) is 11.8 Å². The number of amides is 2. The van der Waals surface area contributed by atoms with E-state index < -0.39 is 5.91 Å². The minimum absolute atomic E-state index is 0.124. The molecule has 2 aromatic rings. The maximum atomic E-state index is 11.8. The Morgan fingerprint density at radius 1 is 1.22 bits per heavy atom. The maximum absolute atomic E-state index is 11.8. The molecule has 0 radical (unpaired) electrons. The highest BCUT2D eigenvalue weighted by atomic mass is 35.5. The molecule has 0 saturated heterocycles. The van der Waals surface area contributed by atoms with Gasteiger partial charge >= 0.3 is 0 Å². The summed E-state index contributed by atoms with van der Waals surface area (Å²) >= 11 is 7.01. The second-order valence-corrected chi connectivity index (χ2v) is 5.95. The summed E-state index contributed by atoms with van der Waals surface area (Å²) < 4.78 is 1.91. The van der Waals surface area contributed by atoms with Crippen molar-refractivity contribution < 1.29 is 9.59 Å². The molecule has 0 unspecified atom stereocenters. The summed E-state index contributed by atoms with van der Waals surface area (Å²) in [5.74, 6) is 0.179. The zero-order chi connectivity index (χ0) is 16.8. The highest BCUT2D eigenvalue weighted by Crippen LogP contribution is 2.16. The van der Waals surface area contributed by atoms with Crippen molar-refractivity contribution in [2.45, 2.75) is 25.5 Å². The fraction of sp³-hybridized carbons (Fsp3) is 0.286. The summed E-state index contributed by atoms with van der Waals surface area (Å²) in [5.41, 5.74) is 5.12. The number of carbonyl (C=O) groups excluding carboxylic acids is 2. The quantitative estimate of drug-likeness (QED) is 0.632. The van der Waals surface area contributed by atoms with Gasteiger partial charge in [0.15, 0.2) is 5.16 Å². The van der Waals surface area contributed by atoms with Crippen LogP contribution in [0.25, 0.3) is 0 Å². The number of hydrogen-bond acceptors (Lipinski definition) is 5. The molecule has 0 aliphatic carbocycles. The molecule has 0 spiro atoms. The minimum atomic E-state index is -0.410. The molecule has 1 heterocycles. The molecule has 0 aliphatic rings. The van der Waals surface area contributed by atoms with Crippen LogP contribution >= 0.6 is 23.4 Å².